The van der Waals surface area contributed by atoms with Gasteiger partial charge >= 0.3 is 11.9 Å². The van der Waals surface area contributed by atoms with Gasteiger partial charge in [-0.05, 0) is 123 Å². The van der Waals surface area contributed by atoms with E-state index >= 15 is 0 Å². The zero-order chi connectivity index (χ0) is 42.6. The predicted molar refractivity (Wildman–Crippen MR) is 252 cm³/mol. The van der Waals surface area contributed by atoms with Gasteiger partial charge in [-0.3, -0.25) is 14.4 Å². The lowest BCUT2D eigenvalue weighted by atomic mass is 10.2. The van der Waals surface area contributed by atoms with Crippen LogP contribution in [0.5, 0.6) is 17.2 Å². The van der Waals surface area contributed by atoms with Crippen LogP contribution >= 0.6 is 82.9 Å². The number of methoxy groups -OCH3 is 3. The van der Waals surface area contributed by atoms with Crippen LogP contribution in [0.25, 0.3) is 10.6 Å². The number of aliphatic hydroxyl groups excluding tert-OH is 1. The van der Waals surface area contributed by atoms with Crippen molar-refractivity contribution in [3.8, 4) is 33.9 Å². The van der Waals surface area contributed by atoms with Crippen LogP contribution in [0.2, 0.25) is 0 Å². The third-order valence-electron chi connectivity index (χ3n) is 6.12. The van der Waals surface area contributed by atoms with Crippen LogP contribution in [-0.2, 0) is 30.3 Å². The highest BCUT2D eigenvalue weighted by Crippen LogP contribution is 2.33. The number of thiazole rings is 1. The molecule has 13 nitrogen and oxygen atoms in total. The summed E-state index contributed by atoms with van der Waals surface area (Å²) in [5, 5.41) is 18.9. The van der Waals surface area contributed by atoms with Crippen LogP contribution in [0.3, 0.4) is 0 Å². The minimum absolute atomic E-state index is 0. The molecule has 6 N–H and O–H groups in total. The minimum atomic E-state index is -0.506. The number of ether oxygens (including phenoxy) is 5. The molecule has 0 saturated carbocycles. The number of thiocarbonyl (C=S) groups is 1. The number of rotatable bonds is 12. The summed E-state index contributed by atoms with van der Waals surface area (Å²) in [5.74, 6) is 1.12. The number of nitriles is 1. The molecule has 19 heteroatoms. The van der Waals surface area contributed by atoms with E-state index in [1.165, 1.54) is 11.3 Å². The number of esters is 2. The van der Waals surface area contributed by atoms with Gasteiger partial charge in [-0.15, -0.1) is 22.9 Å². The smallest absolute Gasteiger partial charge is 0.313 e. The SMILES string of the molecule is C.C.CCO.CCOC(=O)CC(=O)CCl.CCOC(=O)Cc1csc(-c2ccc(OC)cc2Br)n1.COc1ccc(C#N)c(Br)c1.COc1ccc(C(N)=S)c(Br)c1.N. The molecule has 0 fully saturated rings. The van der Waals surface area contributed by atoms with E-state index in [0.29, 0.717) is 23.8 Å². The Kier molecular flexibility index (Phi) is 38.0. The quantitative estimate of drug-likeness (QED) is 0.0521. The molecule has 0 bridgehead atoms. The molecule has 1 aromatic heterocycles. The standard InChI is InChI=1S/C14H14BrNO3S.C8H8BrNOS.C8H6BrNO.C6H9ClO3.C2H6O.2CH4.H3N/c1-3-19-13(17)6-9-8-20-14(16-9)11-5-4-10(18-2)7-12(11)15;1-11-5-2-3-6(8(10)12)7(9)4-5;1-11-7-3-2-6(5-10)8(9)4-7;1-2-10-6(9)3-5(8)4-7;1-2-3;;;/h4-5,7-8H,3,6H2,1-2H3;2-4H,1H3,(H2,10,12);2-4H,1H3;2-4H2,1H3;3H,2H2,1H3;2*1H4;1H3. The summed E-state index contributed by atoms with van der Waals surface area (Å²) in [4.78, 5) is 37.2. The van der Waals surface area contributed by atoms with Gasteiger partial charge in [-0.2, -0.15) is 5.26 Å². The van der Waals surface area contributed by atoms with Crippen molar-refractivity contribution in [2.24, 2.45) is 5.73 Å². The third-order valence-corrected chi connectivity index (χ3v) is 9.53. The summed E-state index contributed by atoms with van der Waals surface area (Å²) < 4.78 is 27.1. The van der Waals surface area contributed by atoms with Gasteiger partial charge in [-0.25, -0.2) is 4.98 Å². The highest BCUT2D eigenvalue weighted by atomic mass is 79.9. The minimum Gasteiger partial charge on any atom is -0.497 e. The maximum Gasteiger partial charge on any atom is 0.313 e. The zero-order valence-corrected chi connectivity index (χ0v) is 39.4. The lowest BCUT2D eigenvalue weighted by Crippen LogP contribution is -2.11. The van der Waals surface area contributed by atoms with Crippen LogP contribution in [0.1, 0.15) is 58.9 Å². The van der Waals surface area contributed by atoms with Crippen LogP contribution < -0.4 is 26.1 Å². The van der Waals surface area contributed by atoms with E-state index in [9.17, 15) is 14.4 Å². The maximum atomic E-state index is 11.4. The van der Waals surface area contributed by atoms with Crippen molar-refractivity contribution in [2.45, 2.75) is 48.5 Å². The zero-order valence-electron chi connectivity index (χ0n) is 32.2. The van der Waals surface area contributed by atoms with Crippen molar-refractivity contribution in [1.29, 1.82) is 5.26 Å². The first-order chi connectivity index (χ1) is 26.7. The summed E-state index contributed by atoms with van der Waals surface area (Å²) >= 11 is 21.6. The number of benzene rings is 3. The van der Waals surface area contributed by atoms with E-state index in [0.717, 1.165) is 52.5 Å². The van der Waals surface area contributed by atoms with Gasteiger partial charge < -0.3 is 40.7 Å². The Morgan fingerprint density at radius 3 is 1.75 bits per heavy atom. The molecule has 0 aliphatic carbocycles. The summed E-state index contributed by atoms with van der Waals surface area (Å²) in [6, 6.07) is 18.5. The molecule has 0 atom stereocenters. The number of alkyl halides is 1. The molecule has 59 heavy (non-hydrogen) atoms. The fourth-order valence-electron chi connectivity index (χ4n) is 3.62. The molecule has 1 heterocycles. The van der Waals surface area contributed by atoms with Crippen molar-refractivity contribution in [3.63, 3.8) is 0 Å². The molecule has 0 aliphatic rings. The number of carbonyl (C=O) groups is 3. The highest BCUT2D eigenvalue weighted by Gasteiger charge is 2.12. The molecule has 0 amide bonds. The van der Waals surface area contributed by atoms with Gasteiger partial charge in [0.25, 0.3) is 0 Å². The van der Waals surface area contributed by atoms with Gasteiger partial charge in [-0.1, -0.05) is 27.1 Å². The van der Waals surface area contributed by atoms with E-state index in [-0.39, 0.29) is 58.1 Å². The Hall–Kier alpha value is -3.67. The lowest BCUT2D eigenvalue weighted by Gasteiger charge is -2.04. The third kappa shape index (κ3) is 25.5. The van der Waals surface area contributed by atoms with E-state index in [1.54, 1.807) is 60.3 Å². The van der Waals surface area contributed by atoms with E-state index in [4.69, 9.17) is 58.9 Å². The Labute approximate surface area is 387 Å². The summed E-state index contributed by atoms with van der Waals surface area (Å²) in [6.07, 6.45) is -0.00451. The normalized spacial score (nSPS) is 8.92. The Morgan fingerprint density at radius 2 is 1.32 bits per heavy atom. The highest BCUT2D eigenvalue weighted by molar-refractivity contribution is 9.11. The molecule has 0 spiro atoms. The van der Waals surface area contributed by atoms with Gasteiger partial charge in [0.05, 0.1) is 58.1 Å². The van der Waals surface area contributed by atoms with Crippen LogP contribution in [0.15, 0.2) is 73.4 Å². The number of nitrogens with zero attached hydrogens (tertiary/aromatic N) is 2. The Bertz CT molecular complexity index is 1900. The molecule has 4 rings (SSSR count). The van der Waals surface area contributed by atoms with E-state index in [1.807, 2.05) is 47.8 Å². The molecular formula is C40H54Br3ClN4O9S2. The number of nitrogens with two attached hydrogens (primary N) is 1. The maximum absolute atomic E-state index is 11.4. The first kappa shape index (κ1) is 62.0. The number of hydrogen-bond donors (Lipinski definition) is 3. The Balaban J connectivity index is -0.000000342. The number of aliphatic hydroxyl groups is 1. The number of Topliss-reactive ketones (excluding diaryl/α,β-unsaturated/α-hetero) is 1. The fourth-order valence-corrected chi connectivity index (χ4v) is 6.58. The van der Waals surface area contributed by atoms with Crippen molar-refractivity contribution in [3.05, 3.63) is 90.2 Å². The fraction of sp³-hybridized carbons (Fsp3) is 0.350. The van der Waals surface area contributed by atoms with Crippen molar-refractivity contribution in [2.75, 3.05) is 47.0 Å². The molecule has 0 radical (unpaired) electrons. The number of aromatic nitrogens is 1. The Morgan fingerprint density at radius 1 is 0.847 bits per heavy atom. The molecule has 0 unspecified atom stereocenters. The van der Waals surface area contributed by atoms with Gasteiger partial charge in [0.15, 0.2) is 5.78 Å². The van der Waals surface area contributed by atoms with Gasteiger partial charge in [0, 0.05) is 36.5 Å². The summed E-state index contributed by atoms with van der Waals surface area (Å²) in [7, 11) is 4.83. The number of carbonyl (C=O) groups excluding carboxylic acids is 3. The second kappa shape index (κ2) is 36.2. The topological polar surface area (TPSA) is 215 Å². The van der Waals surface area contributed by atoms with Crippen molar-refractivity contribution >= 4 is 106 Å². The van der Waals surface area contributed by atoms with Crippen molar-refractivity contribution < 1.29 is 43.2 Å². The van der Waals surface area contributed by atoms with Crippen LogP contribution in [0.4, 0.5) is 0 Å². The van der Waals surface area contributed by atoms with Gasteiger partial charge in [0.2, 0.25) is 0 Å². The van der Waals surface area contributed by atoms with Crippen LogP contribution in [-0.4, -0.2) is 79.8 Å². The van der Waals surface area contributed by atoms with Gasteiger partial charge in [0.1, 0.15) is 39.7 Å². The van der Waals surface area contributed by atoms with Crippen LogP contribution in [0, 0.1) is 11.3 Å². The summed E-state index contributed by atoms with van der Waals surface area (Å²) in [6.45, 7) is 6.09. The second-order valence-electron chi connectivity index (χ2n) is 10.1. The molecule has 328 valence electrons. The average molecular weight is 1070 g/mol. The first-order valence-corrected chi connectivity index (χ1v) is 20.5. The number of hydrogen-bond acceptors (Lipinski definition) is 14. The van der Waals surface area contributed by atoms with Crippen molar-refractivity contribution in [1.82, 2.24) is 11.1 Å². The average Bonchev–Trinajstić information content (AvgIpc) is 3.63. The molecule has 3 aromatic carbocycles. The lowest BCUT2D eigenvalue weighted by molar-refractivity contribution is -0.145. The summed E-state index contributed by atoms with van der Waals surface area (Å²) in [5.41, 5.74) is 8.61. The van der Waals surface area contributed by atoms with E-state index in [2.05, 4.69) is 57.5 Å². The molecular weight excluding hydrogens is 1020 g/mol. The largest absolute Gasteiger partial charge is 0.497 e. The number of halogens is 4. The monoisotopic (exact) mass is 1070 g/mol. The predicted octanol–water partition coefficient (Wildman–Crippen LogP) is 10.3. The van der Waals surface area contributed by atoms with E-state index < -0.39 is 5.97 Å². The molecule has 4 aromatic rings. The molecule has 0 aliphatic heterocycles. The number of ketones is 1. The molecule has 0 saturated heterocycles. The second-order valence-corrected chi connectivity index (χ2v) is 14.2. The first-order valence-electron chi connectivity index (χ1n) is 16.3.